The van der Waals surface area contributed by atoms with E-state index in [-0.39, 0.29) is 6.04 Å². The Kier molecular flexibility index (Phi) is 7.13. The van der Waals surface area contributed by atoms with E-state index in [4.69, 9.17) is 5.73 Å². The maximum absolute atomic E-state index is 13.1. The molecule has 0 unspecified atom stereocenters. The van der Waals surface area contributed by atoms with Gasteiger partial charge in [-0.05, 0) is 62.1 Å². The lowest BCUT2D eigenvalue weighted by atomic mass is 9.94. The van der Waals surface area contributed by atoms with Gasteiger partial charge in [-0.2, -0.15) is 0 Å². The van der Waals surface area contributed by atoms with Crippen LogP contribution in [0.1, 0.15) is 43.4 Å². The summed E-state index contributed by atoms with van der Waals surface area (Å²) in [6.07, 6.45) is 4.99. The van der Waals surface area contributed by atoms with E-state index in [1.54, 1.807) is 11.0 Å². The maximum atomic E-state index is 13.1. The summed E-state index contributed by atoms with van der Waals surface area (Å²) in [5.41, 5.74) is 9.47. The van der Waals surface area contributed by atoms with Crippen LogP contribution in [-0.2, 0) is 16.0 Å². The molecule has 8 heteroatoms. The van der Waals surface area contributed by atoms with Crippen LogP contribution in [-0.4, -0.2) is 66.4 Å². The van der Waals surface area contributed by atoms with Crippen molar-refractivity contribution in [3.8, 4) is 0 Å². The van der Waals surface area contributed by atoms with Gasteiger partial charge in [0.1, 0.15) is 5.82 Å². The second kappa shape index (κ2) is 10.2. The lowest BCUT2D eigenvalue weighted by Crippen LogP contribution is -2.45. The second-order valence-corrected chi connectivity index (χ2v) is 8.97. The summed E-state index contributed by atoms with van der Waals surface area (Å²) in [6, 6.07) is 10.2. The van der Waals surface area contributed by atoms with Crippen molar-refractivity contribution in [3.63, 3.8) is 0 Å². The Balaban J connectivity index is 1.45. The van der Waals surface area contributed by atoms with Crippen molar-refractivity contribution in [2.45, 2.75) is 38.6 Å². The third kappa shape index (κ3) is 5.27. The Hall–Kier alpha value is -3.13. The number of amides is 2. The summed E-state index contributed by atoms with van der Waals surface area (Å²) in [4.78, 5) is 36.5. The van der Waals surface area contributed by atoms with Crippen LogP contribution < -0.4 is 16.0 Å². The van der Waals surface area contributed by atoms with Gasteiger partial charge in [-0.3, -0.25) is 9.59 Å². The number of benzene rings is 1. The van der Waals surface area contributed by atoms with Gasteiger partial charge in [-0.25, -0.2) is 4.98 Å². The van der Waals surface area contributed by atoms with E-state index in [0.29, 0.717) is 24.5 Å². The number of likely N-dealkylation sites (tertiary alicyclic amines) is 1. The number of hydrogen-bond donors (Lipinski definition) is 2. The van der Waals surface area contributed by atoms with Gasteiger partial charge >= 0.3 is 11.8 Å². The van der Waals surface area contributed by atoms with Crippen molar-refractivity contribution in [1.29, 1.82) is 0 Å². The Labute approximate surface area is 195 Å². The van der Waals surface area contributed by atoms with Crippen LogP contribution in [0.2, 0.25) is 0 Å². The van der Waals surface area contributed by atoms with Crippen LogP contribution in [0.25, 0.3) is 0 Å². The number of rotatable bonds is 4. The number of anilines is 3. The van der Waals surface area contributed by atoms with Gasteiger partial charge in [0.2, 0.25) is 0 Å². The number of likely N-dealkylation sites (N-methyl/N-ethyl adjacent to an activating group) is 1. The molecule has 4 rings (SSSR count). The number of carbonyl (C=O) groups excluding carboxylic acids is 2. The van der Waals surface area contributed by atoms with Gasteiger partial charge in [0, 0.05) is 38.4 Å². The topological polar surface area (TPSA) is 94.8 Å². The van der Waals surface area contributed by atoms with Crippen LogP contribution in [0.4, 0.5) is 17.2 Å². The number of piperidine rings is 1. The first-order valence-electron chi connectivity index (χ1n) is 11.9. The minimum atomic E-state index is -0.635. The fraction of sp³-hybridized carbons (Fsp3) is 0.480. The molecule has 2 saturated heterocycles. The molecule has 8 nitrogen and oxygen atoms in total. The number of piperazine rings is 1. The van der Waals surface area contributed by atoms with Crippen molar-refractivity contribution < 1.29 is 9.59 Å². The van der Waals surface area contributed by atoms with Gasteiger partial charge in [0.25, 0.3) is 0 Å². The number of aryl methyl sites for hydroxylation is 1. The molecule has 1 aromatic carbocycles. The van der Waals surface area contributed by atoms with E-state index in [9.17, 15) is 9.59 Å². The number of nitrogen functional groups attached to an aromatic ring is 1. The summed E-state index contributed by atoms with van der Waals surface area (Å²) in [5, 5.41) is 2.71. The fourth-order valence-electron chi connectivity index (χ4n) is 4.68. The smallest absolute Gasteiger partial charge is 0.313 e. The van der Waals surface area contributed by atoms with E-state index >= 15 is 0 Å². The van der Waals surface area contributed by atoms with Crippen molar-refractivity contribution >= 4 is 29.0 Å². The predicted molar refractivity (Wildman–Crippen MR) is 131 cm³/mol. The molecular formula is C25H34N6O2. The van der Waals surface area contributed by atoms with E-state index < -0.39 is 11.8 Å². The first-order valence-corrected chi connectivity index (χ1v) is 11.9. The first-order chi connectivity index (χ1) is 16.0. The Morgan fingerprint density at radius 3 is 2.52 bits per heavy atom. The molecule has 2 aromatic rings. The molecule has 33 heavy (non-hydrogen) atoms. The lowest BCUT2D eigenvalue weighted by molar-refractivity contribution is -0.145. The lowest BCUT2D eigenvalue weighted by Gasteiger charge is -2.36. The molecule has 1 atom stereocenters. The average molecular weight is 451 g/mol. The standard InChI is InChI=1S/C25H34N6O2/c1-3-18-16-20(17-27-23(18)26)28-24(32)25(33)31-11-5-4-6-22(31)19-7-9-21(10-8-19)30-14-12-29(2)13-15-30/h7-10,16-17,22H,3-6,11-15H2,1-2H3,(H2,26,27)(H,28,32)/t22-/m0/s1. The van der Waals surface area contributed by atoms with Gasteiger partial charge in [0.15, 0.2) is 0 Å². The third-order valence-electron chi connectivity index (χ3n) is 6.74. The molecule has 2 amide bonds. The highest BCUT2D eigenvalue weighted by Crippen LogP contribution is 2.32. The monoisotopic (exact) mass is 450 g/mol. The normalized spacial score (nSPS) is 19.4. The molecule has 2 aliphatic heterocycles. The second-order valence-electron chi connectivity index (χ2n) is 8.97. The predicted octanol–water partition coefficient (Wildman–Crippen LogP) is 2.67. The zero-order valence-electron chi connectivity index (χ0n) is 19.6. The molecule has 0 bridgehead atoms. The summed E-state index contributed by atoms with van der Waals surface area (Å²) in [5.74, 6) is -0.694. The van der Waals surface area contributed by atoms with Crippen LogP contribution in [0.5, 0.6) is 0 Å². The first kappa shape index (κ1) is 23.0. The number of nitrogens with two attached hydrogens (primary N) is 1. The highest BCUT2D eigenvalue weighted by Gasteiger charge is 2.32. The minimum Gasteiger partial charge on any atom is -0.383 e. The maximum Gasteiger partial charge on any atom is 0.313 e. The molecule has 0 saturated carbocycles. The van der Waals surface area contributed by atoms with Gasteiger partial charge < -0.3 is 25.8 Å². The zero-order valence-corrected chi connectivity index (χ0v) is 19.6. The van der Waals surface area contributed by atoms with E-state index in [1.165, 1.54) is 11.9 Å². The Morgan fingerprint density at radius 2 is 1.82 bits per heavy atom. The number of carbonyl (C=O) groups is 2. The minimum absolute atomic E-state index is 0.0886. The van der Waals surface area contributed by atoms with Crippen molar-refractivity contribution in [3.05, 3.63) is 47.7 Å². The summed E-state index contributed by atoms with van der Waals surface area (Å²) in [6.45, 7) is 6.71. The van der Waals surface area contributed by atoms with Crippen LogP contribution in [0.3, 0.4) is 0 Å². The van der Waals surface area contributed by atoms with Crippen LogP contribution >= 0.6 is 0 Å². The molecular weight excluding hydrogens is 416 g/mol. The molecule has 0 aliphatic carbocycles. The molecule has 176 valence electrons. The van der Waals surface area contributed by atoms with Gasteiger partial charge in [-0.1, -0.05) is 19.1 Å². The van der Waals surface area contributed by atoms with Gasteiger partial charge in [0.05, 0.1) is 17.9 Å². The number of nitrogens with zero attached hydrogens (tertiary/aromatic N) is 4. The fourth-order valence-corrected chi connectivity index (χ4v) is 4.68. The van der Waals surface area contributed by atoms with E-state index in [2.05, 4.69) is 51.4 Å². The molecule has 0 spiro atoms. The highest BCUT2D eigenvalue weighted by atomic mass is 16.2. The van der Waals surface area contributed by atoms with Crippen molar-refractivity contribution in [2.75, 3.05) is 55.7 Å². The number of nitrogens with one attached hydrogen (secondary N) is 1. The average Bonchev–Trinajstić information content (AvgIpc) is 2.85. The Morgan fingerprint density at radius 1 is 1.09 bits per heavy atom. The Bertz CT molecular complexity index is 985. The molecule has 2 fully saturated rings. The molecule has 1 aromatic heterocycles. The SMILES string of the molecule is CCc1cc(NC(=O)C(=O)N2CCCC[C@H]2c2ccc(N3CCN(C)CC3)cc2)cnc1N. The van der Waals surface area contributed by atoms with Crippen molar-refractivity contribution in [2.24, 2.45) is 0 Å². The van der Waals surface area contributed by atoms with E-state index in [0.717, 1.165) is 56.6 Å². The van der Waals surface area contributed by atoms with Crippen LogP contribution in [0.15, 0.2) is 36.5 Å². The largest absolute Gasteiger partial charge is 0.383 e. The molecule has 3 N–H and O–H groups in total. The number of hydrogen-bond acceptors (Lipinski definition) is 6. The van der Waals surface area contributed by atoms with Crippen LogP contribution in [0, 0.1) is 0 Å². The summed E-state index contributed by atoms with van der Waals surface area (Å²) in [7, 11) is 2.15. The molecule has 0 radical (unpaired) electrons. The molecule has 2 aliphatic rings. The summed E-state index contributed by atoms with van der Waals surface area (Å²) >= 11 is 0. The zero-order chi connectivity index (χ0) is 23.4. The quantitative estimate of drug-likeness (QED) is 0.696. The van der Waals surface area contributed by atoms with E-state index in [1.807, 2.05) is 6.92 Å². The number of aromatic nitrogens is 1. The third-order valence-corrected chi connectivity index (χ3v) is 6.74. The number of pyridine rings is 1. The highest BCUT2D eigenvalue weighted by molar-refractivity contribution is 6.39. The summed E-state index contributed by atoms with van der Waals surface area (Å²) < 4.78 is 0. The van der Waals surface area contributed by atoms with Gasteiger partial charge in [-0.15, -0.1) is 0 Å². The van der Waals surface area contributed by atoms with Crippen molar-refractivity contribution in [1.82, 2.24) is 14.8 Å². The molecule has 3 heterocycles.